The Balaban J connectivity index is 1.59. The number of carbonyl (C=O) groups excluding carboxylic acids is 2. The summed E-state index contributed by atoms with van der Waals surface area (Å²) in [6.07, 6.45) is 0.804. The number of anilines is 1. The first kappa shape index (κ1) is 22.2. The summed E-state index contributed by atoms with van der Waals surface area (Å²) in [6, 6.07) is 3.05. The lowest BCUT2D eigenvalue weighted by Gasteiger charge is -2.29. The number of nitrogens with zero attached hydrogens (tertiary/aromatic N) is 2. The predicted octanol–water partition coefficient (Wildman–Crippen LogP) is 3.38. The van der Waals surface area contributed by atoms with Crippen molar-refractivity contribution in [3.8, 4) is 0 Å². The van der Waals surface area contributed by atoms with Crippen LogP contribution in [0.4, 0.5) is 5.13 Å². The van der Waals surface area contributed by atoms with Crippen molar-refractivity contribution < 1.29 is 22.7 Å². The Morgan fingerprint density at radius 1 is 1.31 bits per heavy atom. The highest BCUT2D eigenvalue weighted by atomic mass is 35.5. The van der Waals surface area contributed by atoms with Crippen LogP contribution < -0.4 is 5.32 Å². The van der Waals surface area contributed by atoms with Crippen molar-refractivity contribution >= 4 is 61.3 Å². The molecular weight excluding hydrogens is 458 g/mol. The van der Waals surface area contributed by atoms with E-state index in [2.05, 4.69) is 10.3 Å². The van der Waals surface area contributed by atoms with Gasteiger partial charge in [-0.25, -0.2) is 18.2 Å². The molecule has 3 heterocycles. The number of halogens is 1. The smallest absolute Gasteiger partial charge is 0.350 e. The fourth-order valence-corrected chi connectivity index (χ4v) is 6.94. The summed E-state index contributed by atoms with van der Waals surface area (Å²) in [5.74, 6) is -1.02. The molecule has 1 saturated heterocycles. The zero-order chi connectivity index (χ0) is 21.2. The highest BCUT2D eigenvalue weighted by Gasteiger charge is 2.33. The van der Waals surface area contributed by atoms with Gasteiger partial charge in [-0.15, -0.1) is 11.3 Å². The first-order valence-electron chi connectivity index (χ1n) is 8.93. The maximum Gasteiger partial charge on any atom is 0.350 e. The molecule has 3 rings (SSSR count). The van der Waals surface area contributed by atoms with Gasteiger partial charge in [-0.3, -0.25) is 4.79 Å². The summed E-state index contributed by atoms with van der Waals surface area (Å²) in [5.41, 5.74) is 0.499. The number of ether oxygens (including phenoxy) is 1. The number of aryl methyl sites for hydroxylation is 1. The summed E-state index contributed by atoms with van der Waals surface area (Å²) in [5, 5.41) is 3.07. The molecule has 0 bridgehead atoms. The number of amides is 1. The van der Waals surface area contributed by atoms with Crippen molar-refractivity contribution in [3.63, 3.8) is 0 Å². The number of thiophene rings is 1. The van der Waals surface area contributed by atoms with Gasteiger partial charge in [-0.05, 0) is 38.8 Å². The van der Waals surface area contributed by atoms with E-state index in [1.165, 1.54) is 10.4 Å². The maximum absolute atomic E-state index is 12.7. The molecule has 0 radical (unpaired) electrons. The summed E-state index contributed by atoms with van der Waals surface area (Å²) >= 11 is 7.93. The fourth-order valence-electron chi connectivity index (χ4n) is 2.97. The number of rotatable bonds is 6. The highest BCUT2D eigenvalue weighted by Crippen LogP contribution is 2.31. The molecule has 1 N–H and O–H groups in total. The van der Waals surface area contributed by atoms with Crippen LogP contribution in [-0.2, 0) is 19.6 Å². The molecule has 0 atom stereocenters. The molecule has 1 fully saturated rings. The number of hydrogen-bond donors (Lipinski definition) is 1. The highest BCUT2D eigenvalue weighted by molar-refractivity contribution is 7.91. The summed E-state index contributed by atoms with van der Waals surface area (Å²) < 4.78 is 32.3. The van der Waals surface area contributed by atoms with Crippen LogP contribution in [-0.4, -0.2) is 49.3 Å². The van der Waals surface area contributed by atoms with Gasteiger partial charge in [-0.2, -0.15) is 4.31 Å². The monoisotopic (exact) mass is 477 g/mol. The van der Waals surface area contributed by atoms with E-state index >= 15 is 0 Å². The Hall–Kier alpha value is -1.53. The number of nitrogens with one attached hydrogen (secondary N) is 1. The number of thiazole rings is 1. The van der Waals surface area contributed by atoms with Crippen LogP contribution in [0.25, 0.3) is 0 Å². The van der Waals surface area contributed by atoms with E-state index in [1.54, 1.807) is 19.9 Å². The number of sulfonamides is 1. The molecule has 0 aliphatic carbocycles. The molecule has 0 aromatic carbocycles. The first-order valence-corrected chi connectivity index (χ1v) is 12.4. The van der Waals surface area contributed by atoms with Crippen LogP contribution in [0.3, 0.4) is 0 Å². The first-order chi connectivity index (χ1) is 13.7. The molecule has 2 aromatic heterocycles. The lowest BCUT2D eigenvalue weighted by atomic mass is 9.97. The van der Waals surface area contributed by atoms with Crippen molar-refractivity contribution in [1.82, 2.24) is 9.29 Å². The molecule has 1 aliphatic rings. The standard InChI is InChI=1S/C17H20ClN3O5S3/c1-3-26-16(23)14-10(2)19-17(28-14)20-15(22)11-6-8-21(9-7-11)29(24,25)13-5-4-12(18)27-13/h4-5,11H,3,6-9H2,1-2H3,(H,19,20,22). The lowest BCUT2D eigenvalue weighted by molar-refractivity contribution is -0.120. The Morgan fingerprint density at radius 2 is 2.00 bits per heavy atom. The topological polar surface area (TPSA) is 106 Å². The van der Waals surface area contributed by atoms with Crippen LogP contribution in [0, 0.1) is 12.8 Å². The summed E-state index contributed by atoms with van der Waals surface area (Å²) in [6.45, 7) is 4.16. The fraction of sp³-hybridized carbons (Fsp3) is 0.471. The second kappa shape index (κ2) is 9.09. The molecule has 0 unspecified atom stereocenters. The van der Waals surface area contributed by atoms with Crippen molar-refractivity contribution in [3.05, 3.63) is 27.0 Å². The summed E-state index contributed by atoms with van der Waals surface area (Å²) in [7, 11) is -3.59. The molecule has 12 heteroatoms. The molecule has 1 aliphatic heterocycles. The van der Waals surface area contributed by atoms with Gasteiger partial charge in [0, 0.05) is 19.0 Å². The lowest BCUT2D eigenvalue weighted by Crippen LogP contribution is -2.41. The molecule has 0 saturated carbocycles. The van der Waals surface area contributed by atoms with Crippen LogP contribution >= 0.6 is 34.3 Å². The number of hydrogen-bond acceptors (Lipinski definition) is 8. The van der Waals surface area contributed by atoms with Crippen molar-refractivity contribution in [2.75, 3.05) is 25.0 Å². The SMILES string of the molecule is CCOC(=O)c1sc(NC(=O)C2CCN(S(=O)(=O)c3ccc(Cl)s3)CC2)nc1C. The predicted molar refractivity (Wildman–Crippen MR) is 112 cm³/mol. The normalized spacial score (nSPS) is 16.0. The quantitative estimate of drug-likeness (QED) is 0.639. The minimum absolute atomic E-state index is 0.204. The van der Waals surface area contributed by atoms with Crippen molar-refractivity contribution in [2.45, 2.75) is 30.9 Å². The number of aromatic nitrogens is 1. The van der Waals surface area contributed by atoms with E-state index in [4.69, 9.17) is 16.3 Å². The summed E-state index contributed by atoms with van der Waals surface area (Å²) in [4.78, 5) is 29.0. The van der Waals surface area contributed by atoms with Crippen molar-refractivity contribution in [1.29, 1.82) is 0 Å². The van der Waals surface area contributed by atoms with Gasteiger partial charge in [0.1, 0.15) is 9.09 Å². The van der Waals surface area contributed by atoms with Gasteiger partial charge in [0.25, 0.3) is 10.0 Å². The molecule has 29 heavy (non-hydrogen) atoms. The van der Waals surface area contributed by atoms with Gasteiger partial charge in [0.05, 0.1) is 16.6 Å². The molecule has 158 valence electrons. The number of piperidine rings is 1. The van der Waals surface area contributed by atoms with Gasteiger partial charge < -0.3 is 10.1 Å². The third kappa shape index (κ3) is 4.97. The van der Waals surface area contributed by atoms with E-state index in [0.29, 0.717) is 32.9 Å². The minimum Gasteiger partial charge on any atom is -0.462 e. The zero-order valence-corrected chi connectivity index (χ0v) is 19.0. The van der Waals surface area contributed by atoms with Crippen LogP contribution in [0.1, 0.15) is 35.1 Å². The largest absolute Gasteiger partial charge is 0.462 e. The number of esters is 1. The van der Waals surface area contributed by atoms with Crippen LogP contribution in [0.2, 0.25) is 4.34 Å². The second-order valence-electron chi connectivity index (χ2n) is 6.38. The van der Waals surface area contributed by atoms with E-state index in [0.717, 1.165) is 22.7 Å². The Kier molecular flexibility index (Phi) is 6.94. The molecule has 0 spiro atoms. The minimum atomic E-state index is -3.59. The van der Waals surface area contributed by atoms with E-state index < -0.39 is 16.0 Å². The van der Waals surface area contributed by atoms with E-state index in [9.17, 15) is 18.0 Å². The van der Waals surface area contributed by atoms with Crippen LogP contribution in [0.15, 0.2) is 16.3 Å². The van der Waals surface area contributed by atoms with Gasteiger partial charge in [0.15, 0.2) is 5.13 Å². The number of carbonyl (C=O) groups is 2. The Morgan fingerprint density at radius 3 is 2.59 bits per heavy atom. The average molecular weight is 478 g/mol. The maximum atomic E-state index is 12.7. The van der Waals surface area contributed by atoms with Gasteiger partial charge in [0.2, 0.25) is 5.91 Å². The molecular formula is C17H20ClN3O5S3. The Labute approximate surface area is 181 Å². The van der Waals surface area contributed by atoms with Crippen LogP contribution in [0.5, 0.6) is 0 Å². The third-order valence-corrected chi connectivity index (χ3v) is 9.11. The molecule has 2 aromatic rings. The molecule has 1 amide bonds. The zero-order valence-electron chi connectivity index (χ0n) is 15.8. The van der Waals surface area contributed by atoms with E-state index in [1.807, 2.05) is 0 Å². The van der Waals surface area contributed by atoms with E-state index in [-0.39, 0.29) is 35.7 Å². The Bertz CT molecular complexity index is 1010. The second-order valence-corrected chi connectivity index (χ2v) is 11.3. The molecule has 8 nitrogen and oxygen atoms in total. The van der Waals surface area contributed by atoms with Crippen molar-refractivity contribution in [2.24, 2.45) is 5.92 Å². The van der Waals surface area contributed by atoms with Gasteiger partial charge in [-0.1, -0.05) is 22.9 Å². The average Bonchev–Trinajstić information content (AvgIpc) is 3.28. The third-order valence-electron chi connectivity index (χ3n) is 4.45. The van der Waals surface area contributed by atoms with Gasteiger partial charge >= 0.3 is 5.97 Å².